The molecule has 1 atom stereocenters. The van der Waals surface area contributed by atoms with E-state index in [0.717, 1.165) is 46.9 Å². The number of aromatic nitrogens is 3. The number of methoxy groups -OCH3 is 1. The van der Waals surface area contributed by atoms with Crippen LogP contribution in [0.25, 0.3) is 5.00 Å². The van der Waals surface area contributed by atoms with Crippen LogP contribution in [0.15, 0.2) is 59.6 Å². The fourth-order valence-electron chi connectivity index (χ4n) is 5.34. The van der Waals surface area contributed by atoms with Crippen LogP contribution in [0, 0.1) is 0 Å². The molecule has 8 nitrogen and oxygen atoms in total. The second-order valence-electron chi connectivity index (χ2n) is 9.68. The maximum absolute atomic E-state index is 13.3. The van der Waals surface area contributed by atoms with Gasteiger partial charge >= 0.3 is 6.03 Å². The second kappa shape index (κ2) is 10.8. The molecule has 3 heterocycles. The Morgan fingerprint density at radius 1 is 1.08 bits per heavy atom. The van der Waals surface area contributed by atoms with Gasteiger partial charge in [-0.1, -0.05) is 61.7 Å². The van der Waals surface area contributed by atoms with Crippen molar-refractivity contribution in [1.82, 2.24) is 20.1 Å². The average Bonchev–Trinajstić information content (AvgIpc) is 3.70. The first-order valence-electron chi connectivity index (χ1n) is 13.2. The standard InChI is InChI=1S/C29H29ClN6O2S/c1-3-18-16-20-24(19-12-6-7-13-21(19)30)32-25(33-29(37)31-22-14-8-9-15-23(22)38-2)27-35-34-26(17-10-4-5-11-17)36(27)28(20)39-18/h6-9,12-17,25H,3-5,10-11H2,1-2H3,(H2,31,33,37). The number of halogens is 1. The molecule has 1 saturated carbocycles. The Balaban J connectivity index is 1.48. The van der Waals surface area contributed by atoms with E-state index in [1.165, 1.54) is 17.7 Å². The summed E-state index contributed by atoms with van der Waals surface area (Å²) < 4.78 is 7.54. The summed E-state index contributed by atoms with van der Waals surface area (Å²) in [6, 6.07) is 16.7. The summed E-state index contributed by atoms with van der Waals surface area (Å²) in [7, 11) is 1.57. The zero-order chi connectivity index (χ0) is 26.9. The van der Waals surface area contributed by atoms with Gasteiger partial charge in [-0.15, -0.1) is 21.5 Å². The van der Waals surface area contributed by atoms with Gasteiger partial charge in [0.2, 0.25) is 0 Å². The average molecular weight is 561 g/mol. The molecule has 10 heteroatoms. The Labute approximate surface area is 236 Å². The van der Waals surface area contributed by atoms with Crippen molar-refractivity contribution >= 4 is 40.4 Å². The summed E-state index contributed by atoms with van der Waals surface area (Å²) in [6.07, 6.45) is 4.60. The van der Waals surface area contributed by atoms with Crippen LogP contribution in [0.1, 0.15) is 72.3 Å². The number of carbonyl (C=O) groups excluding carboxylic acids is 1. The third-order valence-corrected chi connectivity index (χ3v) is 8.85. The largest absolute Gasteiger partial charge is 0.495 e. The molecule has 2 aromatic heterocycles. The van der Waals surface area contributed by atoms with Gasteiger partial charge in [0.15, 0.2) is 12.0 Å². The molecule has 200 valence electrons. The quantitative estimate of drug-likeness (QED) is 0.269. The highest BCUT2D eigenvalue weighted by atomic mass is 35.5. The van der Waals surface area contributed by atoms with Gasteiger partial charge in [0.05, 0.1) is 18.5 Å². The number of thiophene rings is 1. The van der Waals surface area contributed by atoms with Crippen LogP contribution < -0.4 is 15.4 Å². The molecule has 6 rings (SSSR count). The van der Waals surface area contributed by atoms with E-state index in [4.69, 9.17) is 21.3 Å². The fraction of sp³-hybridized carbons (Fsp3) is 0.310. The van der Waals surface area contributed by atoms with Crippen LogP contribution in [0.2, 0.25) is 5.02 Å². The Kier molecular flexibility index (Phi) is 7.10. The van der Waals surface area contributed by atoms with Crippen LogP contribution in [-0.2, 0) is 6.42 Å². The molecule has 0 spiro atoms. The number of amides is 2. The van der Waals surface area contributed by atoms with E-state index in [0.29, 0.717) is 28.2 Å². The molecule has 39 heavy (non-hydrogen) atoms. The van der Waals surface area contributed by atoms with Crippen LogP contribution in [-0.4, -0.2) is 33.6 Å². The zero-order valence-corrected chi connectivity index (χ0v) is 23.4. The van der Waals surface area contributed by atoms with Gasteiger partial charge in [0, 0.05) is 26.9 Å². The molecular formula is C29H29ClN6O2S. The predicted octanol–water partition coefficient (Wildman–Crippen LogP) is 6.88. The summed E-state index contributed by atoms with van der Waals surface area (Å²) in [5, 5.41) is 16.8. The molecule has 2 N–H and O–H groups in total. The molecule has 2 aromatic carbocycles. The third-order valence-electron chi connectivity index (χ3n) is 7.26. The summed E-state index contributed by atoms with van der Waals surface area (Å²) in [6.45, 7) is 2.15. The molecule has 1 aliphatic heterocycles. The number of anilines is 1. The highest BCUT2D eigenvalue weighted by Crippen LogP contribution is 2.41. The van der Waals surface area contributed by atoms with Crippen LogP contribution in [0.4, 0.5) is 10.5 Å². The highest BCUT2D eigenvalue weighted by Gasteiger charge is 2.35. The molecule has 1 fully saturated rings. The number of carbonyl (C=O) groups is 1. The van der Waals surface area contributed by atoms with Crippen LogP contribution in [0.3, 0.4) is 0 Å². The SMILES string of the molecule is CCc1cc2c(s1)-n1c(C3CCCC3)nnc1C(NC(=O)Nc1ccccc1OC)N=C2c1ccccc1Cl. The normalized spacial score (nSPS) is 16.7. The lowest BCUT2D eigenvalue weighted by atomic mass is 10.0. The van der Waals surface area contributed by atoms with E-state index < -0.39 is 12.2 Å². The lowest BCUT2D eigenvalue weighted by Crippen LogP contribution is -2.33. The Morgan fingerprint density at radius 2 is 1.82 bits per heavy atom. The van der Waals surface area contributed by atoms with Gasteiger partial charge < -0.3 is 15.4 Å². The predicted molar refractivity (Wildman–Crippen MR) is 155 cm³/mol. The van der Waals surface area contributed by atoms with Crippen molar-refractivity contribution in [2.24, 2.45) is 4.99 Å². The number of benzene rings is 2. The highest BCUT2D eigenvalue weighted by molar-refractivity contribution is 7.15. The minimum Gasteiger partial charge on any atom is -0.495 e. The van der Waals surface area contributed by atoms with E-state index in [1.807, 2.05) is 36.4 Å². The first-order chi connectivity index (χ1) is 19.1. The van der Waals surface area contributed by atoms with E-state index >= 15 is 0 Å². The van der Waals surface area contributed by atoms with Gasteiger partial charge in [0.1, 0.15) is 16.6 Å². The molecule has 0 saturated heterocycles. The fourth-order valence-corrected chi connectivity index (χ4v) is 6.67. The number of hydrogen-bond acceptors (Lipinski definition) is 6. The maximum atomic E-state index is 13.3. The maximum Gasteiger partial charge on any atom is 0.321 e. The molecular weight excluding hydrogens is 532 g/mol. The second-order valence-corrected chi connectivity index (χ2v) is 11.2. The van der Waals surface area contributed by atoms with Crippen LogP contribution in [0.5, 0.6) is 5.75 Å². The molecule has 4 aromatic rings. The number of fused-ring (bicyclic) bond motifs is 3. The summed E-state index contributed by atoms with van der Waals surface area (Å²) in [5.74, 6) is 2.40. The van der Waals surface area contributed by atoms with Gasteiger partial charge in [-0.05, 0) is 43.5 Å². The van der Waals surface area contributed by atoms with Crippen molar-refractivity contribution in [3.63, 3.8) is 0 Å². The monoisotopic (exact) mass is 560 g/mol. The van der Waals surface area contributed by atoms with Crippen molar-refractivity contribution in [3.05, 3.63) is 87.3 Å². The van der Waals surface area contributed by atoms with E-state index in [1.54, 1.807) is 30.6 Å². The van der Waals surface area contributed by atoms with Crippen molar-refractivity contribution < 1.29 is 9.53 Å². The number of nitrogens with zero attached hydrogens (tertiary/aromatic N) is 4. The van der Waals surface area contributed by atoms with E-state index in [-0.39, 0.29) is 0 Å². The number of aryl methyl sites for hydroxylation is 1. The van der Waals surface area contributed by atoms with Crippen molar-refractivity contribution in [1.29, 1.82) is 0 Å². The molecule has 0 radical (unpaired) electrons. The first kappa shape index (κ1) is 25.6. The Morgan fingerprint density at radius 3 is 2.59 bits per heavy atom. The van der Waals surface area contributed by atoms with Gasteiger partial charge in [-0.25, -0.2) is 4.79 Å². The number of nitrogens with one attached hydrogen (secondary N) is 2. The summed E-state index contributed by atoms with van der Waals surface area (Å²) in [5.41, 5.74) is 3.05. The third kappa shape index (κ3) is 4.81. The first-order valence-corrected chi connectivity index (χ1v) is 14.4. The van der Waals surface area contributed by atoms with Gasteiger partial charge in [0.25, 0.3) is 0 Å². The van der Waals surface area contributed by atoms with E-state index in [9.17, 15) is 4.79 Å². The lowest BCUT2D eigenvalue weighted by molar-refractivity contribution is 0.248. The molecule has 0 bridgehead atoms. The Bertz CT molecular complexity index is 1550. The van der Waals surface area contributed by atoms with Crippen LogP contribution >= 0.6 is 22.9 Å². The minimum absolute atomic E-state index is 0.316. The van der Waals surface area contributed by atoms with Crippen molar-refractivity contribution in [2.75, 3.05) is 12.4 Å². The van der Waals surface area contributed by atoms with Gasteiger partial charge in [-0.2, -0.15) is 0 Å². The van der Waals surface area contributed by atoms with Crippen molar-refractivity contribution in [2.45, 2.75) is 51.1 Å². The number of hydrogen-bond donors (Lipinski definition) is 2. The number of urea groups is 1. The number of ether oxygens (including phenoxy) is 1. The number of rotatable bonds is 6. The lowest BCUT2D eigenvalue weighted by Gasteiger charge is -2.17. The Hall–Kier alpha value is -3.69. The van der Waals surface area contributed by atoms with E-state index in [2.05, 4.69) is 38.4 Å². The molecule has 1 unspecified atom stereocenters. The zero-order valence-electron chi connectivity index (χ0n) is 21.8. The summed E-state index contributed by atoms with van der Waals surface area (Å²) >= 11 is 8.42. The van der Waals surface area contributed by atoms with Crippen molar-refractivity contribution in [3.8, 4) is 10.8 Å². The summed E-state index contributed by atoms with van der Waals surface area (Å²) in [4.78, 5) is 19.7. The minimum atomic E-state index is -0.793. The number of para-hydroxylation sites is 2. The molecule has 1 aliphatic carbocycles. The topological polar surface area (TPSA) is 93.4 Å². The number of aliphatic imine (C=N–C) groups is 1. The van der Waals surface area contributed by atoms with Gasteiger partial charge in [-0.3, -0.25) is 9.56 Å². The molecule has 2 aliphatic rings. The molecule has 2 amide bonds. The smallest absolute Gasteiger partial charge is 0.321 e.